The molecule has 0 radical (unpaired) electrons. The predicted molar refractivity (Wildman–Crippen MR) is 196 cm³/mol. The molecular formula is C44H31P. The van der Waals surface area contributed by atoms with E-state index < -0.39 is 7.92 Å². The second kappa shape index (κ2) is 12.0. The van der Waals surface area contributed by atoms with E-state index in [2.05, 4.69) is 188 Å². The summed E-state index contributed by atoms with van der Waals surface area (Å²) in [5.74, 6) is 0. The lowest BCUT2D eigenvalue weighted by atomic mass is 9.83. The van der Waals surface area contributed by atoms with Crippen molar-refractivity contribution in [2.24, 2.45) is 0 Å². The molecule has 0 amide bonds. The summed E-state index contributed by atoms with van der Waals surface area (Å²) < 4.78 is 0. The highest BCUT2D eigenvalue weighted by Crippen LogP contribution is 2.47. The van der Waals surface area contributed by atoms with Crippen molar-refractivity contribution in [2.45, 2.75) is 0 Å². The molecule has 0 aliphatic rings. The maximum Gasteiger partial charge on any atom is -0.00141 e. The number of hydrogen-bond acceptors (Lipinski definition) is 0. The number of hydrogen-bond donors (Lipinski definition) is 0. The lowest BCUT2D eigenvalue weighted by Crippen LogP contribution is -2.22. The van der Waals surface area contributed by atoms with Gasteiger partial charge in [0.2, 0.25) is 0 Å². The zero-order valence-corrected chi connectivity index (χ0v) is 25.7. The van der Waals surface area contributed by atoms with Crippen LogP contribution in [0, 0.1) is 0 Å². The van der Waals surface area contributed by atoms with Gasteiger partial charge in [-0.3, -0.25) is 0 Å². The first-order valence-corrected chi connectivity index (χ1v) is 16.8. The standard InChI is InChI=1S/C44H31P/c1-4-16-32(17-5-1)39-30-28-33-18-10-12-24-37(33)43(39)44-38-25-13-11-19-34(38)29-31-41(44)40-26-14-15-27-42(40)45(35-20-6-2-7-21-35)36-22-8-3-9-23-36/h1-31H. The molecule has 0 heterocycles. The molecule has 0 aliphatic heterocycles. The van der Waals surface area contributed by atoms with E-state index >= 15 is 0 Å². The van der Waals surface area contributed by atoms with E-state index in [1.807, 2.05) is 0 Å². The van der Waals surface area contributed by atoms with Crippen LogP contribution in [-0.4, -0.2) is 0 Å². The van der Waals surface area contributed by atoms with E-state index in [9.17, 15) is 0 Å². The number of fused-ring (bicyclic) bond motifs is 2. The quantitative estimate of drug-likeness (QED) is 0.169. The zero-order valence-electron chi connectivity index (χ0n) is 24.8. The zero-order chi connectivity index (χ0) is 30.0. The van der Waals surface area contributed by atoms with E-state index in [0.29, 0.717) is 0 Å². The van der Waals surface area contributed by atoms with Gasteiger partial charge in [0.05, 0.1) is 0 Å². The van der Waals surface area contributed by atoms with Gasteiger partial charge in [0.15, 0.2) is 0 Å². The summed E-state index contributed by atoms with van der Waals surface area (Å²) in [5, 5.41) is 9.09. The third-order valence-corrected chi connectivity index (χ3v) is 11.2. The van der Waals surface area contributed by atoms with Crippen LogP contribution in [0.5, 0.6) is 0 Å². The van der Waals surface area contributed by atoms with Crippen LogP contribution in [0.2, 0.25) is 0 Å². The van der Waals surface area contributed by atoms with Crippen molar-refractivity contribution in [1.82, 2.24) is 0 Å². The van der Waals surface area contributed by atoms with Crippen molar-refractivity contribution in [3.63, 3.8) is 0 Å². The van der Waals surface area contributed by atoms with Crippen LogP contribution in [0.15, 0.2) is 188 Å². The molecule has 0 aliphatic carbocycles. The fourth-order valence-corrected chi connectivity index (χ4v) is 9.11. The van der Waals surface area contributed by atoms with Crippen LogP contribution >= 0.6 is 7.92 Å². The molecular weight excluding hydrogens is 559 g/mol. The molecule has 0 nitrogen and oxygen atoms in total. The number of benzene rings is 8. The van der Waals surface area contributed by atoms with Gasteiger partial charge in [-0.05, 0) is 78.8 Å². The van der Waals surface area contributed by atoms with Crippen LogP contribution in [0.3, 0.4) is 0 Å². The second-order valence-corrected chi connectivity index (χ2v) is 13.5. The van der Waals surface area contributed by atoms with E-state index in [-0.39, 0.29) is 0 Å². The Morgan fingerprint density at radius 3 is 1.33 bits per heavy atom. The first kappa shape index (κ1) is 27.3. The van der Waals surface area contributed by atoms with Crippen molar-refractivity contribution in [3.8, 4) is 33.4 Å². The molecule has 0 unspecified atom stereocenters. The first-order chi connectivity index (χ1) is 22.4. The van der Waals surface area contributed by atoms with Gasteiger partial charge in [0.25, 0.3) is 0 Å². The molecule has 0 fully saturated rings. The van der Waals surface area contributed by atoms with Gasteiger partial charge in [-0.2, -0.15) is 0 Å². The van der Waals surface area contributed by atoms with Crippen molar-refractivity contribution in [1.29, 1.82) is 0 Å². The van der Waals surface area contributed by atoms with E-state index in [1.54, 1.807) is 0 Å². The monoisotopic (exact) mass is 590 g/mol. The smallest absolute Gasteiger partial charge is 0.00141 e. The Labute approximate surface area is 266 Å². The van der Waals surface area contributed by atoms with Gasteiger partial charge in [-0.1, -0.05) is 188 Å². The molecule has 0 atom stereocenters. The molecule has 8 aromatic carbocycles. The van der Waals surface area contributed by atoms with Gasteiger partial charge in [0.1, 0.15) is 0 Å². The molecule has 0 bridgehead atoms. The summed E-state index contributed by atoms with van der Waals surface area (Å²) >= 11 is 0. The molecule has 0 spiro atoms. The van der Waals surface area contributed by atoms with E-state index in [1.165, 1.54) is 70.8 Å². The fraction of sp³-hybridized carbons (Fsp3) is 0. The van der Waals surface area contributed by atoms with Gasteiger partial charge in [0, 0.05) is 0 Å². The summed E-state index contributed by atoms with van der Waals surface area (Å²) in [6, 6.07) is 68.9. The predicted octanol–water partition coefficient (Wildman–Crippen LogP) is 10.8. The van der Waals surface area contributed by atoms with Crippen LogP contribution in [0.1, 0.15) is 0 Å². The molecule has 1 heteroatoms. The minimum absolute atomic E-state index is 0.801. The molecule has 8 rings (SSSR count). The molecule has 0 saturated heterocycles. The minimum atomic E-state index is -0.801. The van der Waals surface area contributed by atoms with Gasteiger partial charge >= 0.3 is 0 Å². The topological polar surface area (TPSA) is 0 Å². The van der Waals surface area contributed by atoms with E-state index in [0.717, 1.165) is 0 Å². The average Bonchev–Trinajstić information content (AvgIpc) is 3.12. The largest absolute Gasteiger partial charge is 0.0622 e. The summed E-state index contributed by atoms with van der Waals surface area (Å²) in [6.07, 6.45) is 0. The lowest BCUT2D eigenvalue weighted by Gasteiger charge is -2.25. The summed E-state index contributed by atoms with van der Waals surface area (Å²) in [6.45, 7) is 0. The van der Waals surface area contributed by atoms with Gasteiger partial charge in [-0.15, -0.1) is 0 Å². The first-order valence-electron chi connectivity index (χ1n) is 15.5. The van der Waals surface area contributed by atoms with E-state index in [4.69, 9.17) is 0 Å². The Morgan fingerprint density at radius 1 is 0.289 bits per heavy atom. The van der Waals surface area contributed by atoms with Crippen molar-refractivity contribution < 1.29 is 0 Å². The highest BCUT2D eigenvalue weighted by atomic mass is 31.1. The Kier molecular flexibility index (Phi) is 7.28. The molecule has 212 valence electrons. The fourth-order valence-electron chi connectivity index (χ4n) is 6.64. The molecule has 0 N–H and O–H groups in total. The summed E-state index contributed by atoms with van der Waals surface area (Å²) in [7, 11) is -0.801. The SMILES string of the molecule is c1ccc(-c2ccc3ccccc3c2-c2c(-c3ccccc3P(c3ccccc3)c3ccccc3)ccc3ccccc23)cc1. The third kappa shape index (κ3) is 5.04. The molecule has 0 saturated carbocycles. The van der Waals surface area contributed by atoms with Crippen molar-refractivity contribution in [2.75, 3.05) is 0 Å². The highest BCUT2D eigenvalue weighted by molar-refractivity contribution is 7.80. The Balaban J connectivity index is 1.49. The Hall–Kier alpha value is -5.29. The van der Waals surface area contributed by atoms with Crippen molar-refractivity contribution in [3.05, 3.63) is 188 Å². The normalized spacial score (nSPS) is 11.3. The Bertz CT molecular complexity index is 2210. The summed E-state index contributed by atoms with van der Waals surface area (Å²) in [5.41, 5.74) is 7.58. The van der Waals surface area contributed by atoms with Gasteiger partial charge in [-0.25, -0.2) is 0 Å². The lowest BCUT2D eigenvalue weighted by molar-refractivity contribution is 1.61. The molecule has 0 aromatic heterocycles. The number of rotatable bonds is 6. The van der Waals surface area contributed by atoms with Crippen LogP contribution in [0.25, 0.3) is 54.9 Å². The van der Waals surface area contributed by atoms with Crippen LogP contribution < -0.4 is 15.9 Å². The van der Waals surface area contributed by atoms with Crippen molar-refractivity contribution >= 4 is 45.4 Å². The maximum absolute atomic E-state index is 2.36. The molecule has 8 aromatic rings. The third-order valence-electron chi connectivity index (χ3n) is 8.66. The second-order valence-electron chi connectivity index (χ2n) is 11.3. The Morgan fingerprint density at radius 2 is 0.733 bits per heavy atom. The average molecular weight is 591 g/mol. The van der Waals surface area contributed by atoms with Gasteiger partial charge < -0.3 is 0 Å². The minimum Gasteiger partial charge on any atom is -0.0622 e. The maximum atomic E-state index is 2.36. The summed E-state index contributed by atoms with van der Waals surface area (Å²) in [4.78, 5) is 0. The molecule has 45 heavy (non-hydrogen) atoms. The highest BCUT2D eigenvalue weighted by Gasteiger charge is 2.24. The van der Waals surface area contributed by atoms with Crippen LogP contribution in [-0.2, 0) is 0 Å². The van der Waals surface area contributed by atoms with Crippen LogP contribution in [0.4, 0.5) is 0 Å².